The molecule has 1 fully saturated rings. The number of para-hydroxylation sites is 1. The van der Waals surface area contributed by atoms with Gasteiger partial charge >= 0.3 is 0 Å². The largest absolute Gasteiger partial charge is 0.369 e. The molecule has 4 nitrogen and oxygen atoms in total. The average molecular weight is 357 g/mol. The van der Waals surface area contributed by atoms with Crippen LogP contribution in [0.15, 0.2) is 65.7 Å². The van der Waals surface area contributed by atoms with Crippen molar-refractivity contribution in [2.75, 3.05) is 44.2 Å². The van der Waals surface area contributed by atoms with Gasteiger partial charge in [-0.1, -0.05) is 48.5 Å². The van der Waals surface area contributed by atoms with Crippen molar-refractivity contribution < 1.29 is 0 Å². The summed E-state index contributed by atoms with van der Waals surface area (Å²) in [6, 6.07) is 21.6. The molecule has 0 saturated carbocycles. The first-order valence-electron chi connectivity index (χ1n) is 8.77. The molecule has 0 spiro atoms. The Bertz CT molecular complexity index is 681. The van der Waals surface area contributed by atoms with Gasteiger partial charge in [0.2, 0.25) is 0 Å². The highest BCUT2D eigenvalue weighted by molar-refractivity contribution is 6.00. The second-order valence-corrected chi connectivity index (χ2v) is 6.52. The molecule has 132 valence electrons. The Morgan fingerprint density at radius 2 is 1.52 bits per heavy atom. The molecule has 25 heavy (non-hydrogen) atoms. The molecule has 0 radical (unpaired) electrons. The fraction of sp³-hybridized carbons (Fsp3) is 0.350. The molecule has 2 aliphatic heterocycles. The molecule has 2 heterocycles. The molecule has 0 amide bonds. The molecule has 0 bridgehead atoms. The molecule has 5 heteroatoms. The molecule has 4 rings (SSSR count). The molecule has 1 atom stereocenters. The Kier molecular flexibility index (Phi) is 5.95. The van der Waals surface area contributed by atoms with Gasteiger partial charge in [-0.05, 0) is 12.1 Å². The molecular formula is C20H25ClN4. The van der Waals surface area contributed by atoms with Gasteiger partial charge in [-0.15, -0.1) is 12.4 Å². The Balaban J connectivity index is 0.00000182. The van der Waals surface area contributed by atoms with Crippen molar-refractivity contribution in [3.63, 3.8) is 0 Å². The zero-order chi connectivity index (χ0) is 16.2. The lowest BCUT2D eigenvalue weighted by Crippen LogP contribution is -2.51. The summed E-state index contributed by atoms with van der Waals surface area (Å²) in [7, 11) is 0. The highest BCUT2D eigenvalue weighted by atomic mass is 35.5. The zero-order valence-electron chi connectivity index (χ0n) is 14.3. The standard InChI is InChI=1S/C20H24N4.ClH/c1-3-7-17(8-4-1)20-21-15-18(22-20)16-23-11-13-24(14-12-23)19-9-5-2-6-10-19;/h1-10,18H,11-16H2,(H,21,22);1H. The first-order valence-corrected chi connectivity index (χ1v) is 8.77. The highest BCUT2D eigenvalue weighted by Crippen LogP contribution is 2.16. The number of rotatable bonds is 4. The number of piperazine rings is 1. The predicted octanol–water partition coefficient (Wildman–Crippen LogP) is 2.65. The molecule has 1 unspecified atom stereocenters. The number of hydrogen-bond donors (Lipinski definition) is 1. The van der Waals surface area contributed by atoms with E-state index < -0.39 is 0 Å². The van der Waals surface area contributed by atoms with Crippen LogP contribution in [0.1, 0.15) is 5.56 Å². The first kappa shape index (κ1) is 17.8. The van der Waals surface area contributed by atoms with Crippen LogP contribution < -0.4 is 10.2 Å². The minimum absolute atomic E-state index is 0. The second-order valence-electron chi connectivity index (χ2n) is 6.52. The quantitative estimate of drug-likeness (QED) is 0.913. The maximum atomic E-state index is 4.68. The number of aliphatic imine (C=N–C) groups is 1. The minimum Gasteiger partial charge on any atom is -0.369 e. The van der Waals surface area contributed by atoms with Gasteiger partial charge in [-0.3, -0.25) is 9.89 Å². The molecule has 1 N–H and O–H groups in total. The van der Waals surface area contributed by atoms with E-state index in [0.29, 0.717) is 6.04 Å². The molecule has 0 aromatic heterocycles. The van der Waals surface area contributed by atoms with Gasteiger partial charge in [0.1, 0.15) is 5.84 Å². The van der Waals surface area contributed by atoms with E-state index in [-0.39, 0.29) is 12.4 Å². The third kappa shape index (κ3) is 4.33. The van der Waals surface area contributed by atoms with Crippen LogP contribution in [-0.4, -0.2) is 56.0 Å². The maximum Gasteiger partial charge on any atom is 0.128 e. The van der Waals surface area contributed by atoms with E-state index >= 15 is 0 Å². The van der Waals surface area contributed by atoms with Gasteiger partial charge in [-0.25, -0.2) is 0 Å². The summed E-state index contributed by atoms with van der Waals surface area (Å²) >= 11 is 0. The lowest BCUT2D eigenvalue weighted by molar-refractivity contribution is 0.241. The van der Waals surface area contributed by atoms with Crippen molar-refractivity contribution in [1.29, 1.82) is 0 Å². The maximum absolute atomic E-state index is 4.68. The van der Waals surface area contributed by atoms with Crippen LogP contribution >= 0.6 is 12.4 Å². The van der Waals surface area contributed by atoms with Crippen molar-refractivity contribution >= 4 is 23.9 Å². The van der Waals surface area contributed by atoms with Crippen molar-refractivity contribution in [2.45, 2.75) is 6.04 Å². The molecule has 2 aliphatic rings. The van der Waals surface area contributed by atoms with E-state index in [1.54, 1.807) is 0 Å². The average Bonchev–Trinajstić information content (AvgIpc) is 3.12. The fourth-order valence-electron chi connectivity index (χ4n) is 3.50. The van der Waals surface area contributed by atoms with Crippen molar-refractivity contribution in [2.24, 2.45) is 4.99 Å². The van der Waals surface area contributed by atoms with Gasteiger partial charge in [0.15, 0.2) is 0 Å². The molecule has 2 aromatic carbocycles. The number of amidine groups is 1. The monoisotopic (exact) mass is 356 g/mol. The molecule has 2 aromatic rings. The van der Waals surface area contributed by atoms with Gasteiger partial charge in [0.25, 0.3) is 0 Å². The molecule has 1 saturated heterocycles. The van der Waals surface area contributed by atoms with E-state index in [1.165, 1.54) is 11.3 Å². The summed E-state index contributed by atoms with van der Waals surface area (Å²) in [6.07, 6.45) is 0. The van der Waals surface area contributed by atoms with E-state index in [4.69, 9.17) is 0 Å². The van der Waals surface area contributed by atoms with E-state index in [1.807, 2.05) is 6.07 Å². The van der Waals surface area contributed by atoms with E-state index in [2.05, 4.69) is 74.7 Å². The Morgan fingerprint density at radius 3 is 2.20 bits per heavy atom. The Labute approximate surface area is 156 Å². The van der Waals surface area contributed by atoms with E-state index in [0.717, 1.165) is 45.1 Å². The zero-order valence-corrected chi connectivity index (χ0v) is 15.2. The van der Waals surface area contributed by atoms with Crippen LogP contribution in [0.2, 0.25) is 0 Å². The van der Waals surface area contributed by atoms with Crippen LogP contribution in [0.3, 0.4) is 0 Å². The van der Waals surface area contributed by atoms with Crippen molar-refractivity contribution in [3.8, 4) is 0 Å². The number of hydrogen-bond acceptors (Lipinski definition) is 4. The van der Waals surface area contributed by atoms with Gasteiger partial charge in [0, 0.05) is 44.0 Å². The number of nitrogens with one attached hydrogen (secondary N) is 1. The van der Waals surface area contributed by atoms with Crippen LogP contribution in [0.5, 0.6) is 0 Å². The number of anilines is 1. The summed E-state index contributed by atoms with van der Waals surface area (Å²) in [5, 5.41) is 3.59. The Morgan fingerprint density at radius 1 is 0.880 bits per heavy atom. The van der Waals surface area contributed by atoms with Crippen LogP contribution in [0.4, 0.5) is 5.69 Å². The third-order valence-corrected chi connectivity index (χ3v) is 4.83. The topological polar surface area (TPSA) is 30.9 Å². The van der Waals surface area contributed by atoms with E-state index in [9.17, 15) is 0 Å². The summed E-state index contributed by atoms with van der Waals surface area (Å²) in [4.78, 5) is 9.72. The lowest BCUT2D eigenvalue weighted by Gasteiger charge is -2.37. The lowest BCUT2D eigenvalue weighted by atomic mass is 10.2. The third-order valence-electron chi connectivity index (χ3n) is 4.83. The second kappa shape index (κ2) is 8.37. The number of halogens is 1. The molecular weight excluding hydrogens is 332 g/mol. The van der Waals surface area contributed by atoms with Crippen molar-refractivity contribution in [1.82, 2.24) is 10.2 Å². The summed E-state index contributed by atoms with van der Waals surface area (Å²) in [6.45, 7) is 6.39. The van der Waals surface area contributed by atoms with Gasteiger partial charge in [0.05, 0.1) is 12.6 Å². The van der Waals surface area contributed by atoms with Gasteiger partial charge in [-0.2, -0.15) is 0 Å². The Hall–Kier alpha value is -2.04. The van der Waals surface area contributed by atoms with Crippen LogP contribution in [0, 0.1) is 0 Å². The summed E-state index contributed by atoms with van der Waals surface area (Å²) < 4.78 is 0. The van der Waals surface area contributed by atoms with Crippen molar-refractivity contribution in [3.05, 3.63) is 66.2 Å². The number of nitrogens with zero attached hydrogens (tertiary/aromatic N) is 3. The predicted molar refractivity (Wildman–Crippen MR) is 107 cm³/mol. The fourth-order valence-corrected chi connectivity index (χ4v) is 3.50. The van der Waals surface area contributed by atoms with Gasteiger partial charge < -0.3 is 10.2 Å². The normalized spacial score (nSPS) is 20.6. The smallest absolute Gasteiger partial charge is 0.128 e. The van der Waals surface area contributed by atoms with Crippen LogP contribution in [0.25, 0.3) is 0 Å². The minimum atomic E-state index is 0. The SMILES string of the molecule is Cl.c1ccc(C2=NCC(CN3CCN(c4ccccc4)CC3)N2)cc1. The summed E-state index contributed by atoms with van der Waals surface area (Å²) in [5.41, 5.74) is 2.53. The van der Waals surface area contributed by atoms with Crippen LogP contribution in [-0.2, 0) is 0 Å². The molecule has 0 aliphatic carbocycles. The first-order chi connectivity index (χ1) is 11.9. The number of benzene rings is 2. The highest BCUT2D eigenvalue weighted by Gasteiger charge is 2.23. The summed E-state index contributed by atoms with van der Waals surface area (Å²) in [5.74, 6) is 1.04.